The van der Waals surface area contributed by atoms with E-state index in [1.165, 1.54) is 5.56 Å². The molecule has 0 saturated heterocycles. The van der Waals surface area contributed by atoms with Gasteiger partial charge in [0.2, 0.25) is 0 Å². The zero-order chi connectivity index (χ0) is 11.3. The fourth-order valence-electron chi connectivity index (χ4n) is 1.65. The molecule has 0 aliphatic carbocycles. The molecular weight excluding hydrogens is 227 g/mol. The van der Waals surface area contributed by atoms with Crippen molar-refractivity contribution in [1.29, 1.82) is 0 Å². The summed E-state index contributed by atoms with van der Waals surface area (Å²) < 4.78 is 0. The van der Waals surface area contributed by atoms with Crippen LogP contribution in [-0.4, -0.2) is 5.38 Å². The van der Waals surface area contributed by atoms with Gasteiger partial charge >= 0.3 is 0 Å². The van der Waals surface area contributed by atoms with E-state index >= 15 is 0 Å². The van der Waals surface area contributed by atoms with Crippen molar-refractivity contribution in [2.75, 3.05) is 0 Å². The topological polar surface area (TPSA) is 0 Å². The molecule has 0 radical (unpaired) electrons. The molecule has 0 spiro atoms. The second-order valence-corrected chi connectivity index (χ2v) is 5.45. The van der Waals surface area contributed by atoms with Gasteiger partial charge in [0, 0.05) is 10.4 Å². The van der Waals surface area contributed by atoms with Crippen LogP contribution in [0, 0.1) is 5.92 Å². The van der Waals surface area contributed by atoms with Gasteiger partial charge in [-0.15, -0.1) is 11.6 Å². The van der Waals surface area contributed by atoms with E-state index in [9.17, 15) is 0 Å². The average Bonchev–Trinajstić information content (AvgIpc) is 2.14. The lowest BCUT2D eigenvalue weighted by atomic mass is 10.0. The smallest absolute Gasteiger partial charge is 0.0408 e. The predicted molar refractivity (Wildman–Crippen MR) is 68.9 cm³/mol. The van der Waals surface area contributed by atoms with Crippen LogP contribution in [0.2, 0.25) is 5.02 Å². The zero-order valence-electron chi connectivity index (χ0n) is 9.34. The number of hydrogen-bond acceptors (Lipinski definition) is 0. The third-order valence-corrected chi connectivity index (χ3v) is 2.99. The first-order chi connectivity index (χ1) is 7.08. The Morgan fingerprint density at radius 2 is 2.00 bits per heavy atom. The molecule has 0 aliphatic heterocycles. The third-order valence-electron chi connectivity index (χ3n) is 2.36. The fraction of sp³-hybridized carbons (Fsp3) is 0.538. The van der Waals surface area contributed by atoms with E-state index in [1.54, 1.807) is 0 Å². The van der Waals surface area contributed by atoms with Gasteiger partial charge in [-0.3, -0.25) is 0 Å². The summed E-state index contributed by atoms with van der Waals surface area (Å²) in [4.78, 5) is 0. The largest absolute Gasteiger partial charge is 0.123 e. The minimum atomic E-state index is 0.281. The average molecular weight is 245 g/mol. The van der Waals surface area contributed by atoms with Crippen LogP contribution in [-0.2, 0) is 6.42 Å². The van der Waals surface area contributed by atoms with E-state index in [4.69, 9.17) is 23.2 Å². The number of benzene rings is 1. The first-order valence-corrected chi connectivity index (χ1v) is 6.28. The highest BCUT2D eigenvalue weighted by Gasteiger charge is 2.07. The number of aryl methyl sites for hydroxylation is 1. The lowest BCUT2D eigenvalue weighted by molar-refractivity contribution is 0.544. The molecule has 0 nitrogen and oxygen atoms in total. The Bertz CT molecular complexity index is 294. The summed E-state index contributed by atoms with van der Waals surface area (Å²) in [7, 11) is 0. The molecule has 15 heavy (non-hydrogen) atoms. The minimum Gasteiger partial charge on any atom is -0.123 e. The molecule has 0 N–H and O–H groups in total. The molecule has 0 amide bonds. The molecule has 0 heterocycles. The first-order valence-electron chi connectivity index (χ1n) is 5.46. The van der Waals surface area contributed by atoms with Crippen LogP contribution in [0.3, 0.4) is 0 Å². The highest BCUT2D eigenvalue weighted by Crippen LogP contribution is 2.18. The van der Waals surface area contributed by atoms with Gasteiger partial charge in [0.1, 0.15) is 0 Å². The molecule has 0 fully saturated rings. The Kier molecular flexibility index (Phi) is 5.49. The molecule has 1 unspecified atom stereocenters. The molecule has 1 aromatic carbocycles. The van der Waals surface area contributed by atoms with Gasteiger partial charge in [-0.05, 0) is 42.9 Å². The summed E-state index contributed by atoms with van der Waals surface area (Å²) in [6.07, 6.45) is 3.13. The van der Waals surface area contributed by atoms with Crippen molar-refractivity contribution in [3.63, 3.8) is 0 Å². The van der Waals surface area contributed by atoms with Crippen LogP contribution in [0.25, 0.3) is 0 Å². The van der Waals surface area contributed by atoms with Crippen molar-refractivity contribution in [1.82, 2.24) is 0 Å². The Morgan fingerprint density at radius 3 is 2.60 bits per heavy atom. The standard InChI is InChI=1S/C13H18Cl2/c1-10(2)8-13(15)7-6-11-4-3-5-12(14)9-11/h3-5,9-10,13H,6-8H2,1-2H3. The molecule has 1 rings (SSSR count). The van der Waals surface area contributed by atoms with Gasteiger partial charge < -0.3 is 0 Å². The van der Waals surface area contributed by atoms with Gasteiger partial charge in [0.25, 0.3) is 0 Å². The second kappa shape index (κ2) is 6.40. The summed E-state index contributed by atoms with van der Waals surface area (Å²) in [6.45, 7) is 4.41. The van der Waals surface area contributed by atoms with Crippen molar-refractivity contribution in [3.8, 4) is 0 Å². The summed E-state index contributed by atoms with van der Waals surface area (Å²) in [5.41, 5.74) is 1.27. The molecule has 2 heteroatoms. The van der Waals surface area contributed by atoms with Crippen molar-refractivity contribution in [2.45, 2.75) is 38.5 Å². The Balaban J connectivity index is 2.36. The lowest BCUT2D eigenvalue weighted by Crippen LogP contribution is -2.04. The Hall–Kier alpha value is -0.200. The van der Waals surface area contributed by atoms with E-state index < -0.39 is 0 Å². The van der Waals surface area contributed by atoms with Crippen molar-refractivity contribution in [2.24, 2.45) is 5.92 Å². The van der Waals surface area contributed by atoms with Gasteiger partial charge in [0.05, 0.1) is 0 Å². The van der Waals surface area contributed by atoms with Crippen LogP contribution in [0.1, 0.15) is 32.3 Å². The van der Waals surface area contributed by atoms with Crippen molar-refractivity contribution < 1.29 is 0 Å². The maximum absolute atomic E-state index is 6.23. The maximum atomic E-state index is 6.23. The normalized spacial score (nSPS) is 13.1. The Labute approximate surface area is 103 Å². The predicted octanol–water partition coefficient (Wildman–Crippen LogP) is 4.93. The quantitative estimate of drug-likeness (QED) is 0.645. The highest BCUT2D eigenvalue weighted by molar-refractivity contribution is 6.30. The van der Waals surface area contributed by atoms with Crippen LogP contribution >= 0.6 is 23.2 Å². The monoisotopic (exact) mass is 244 g/mol. The van der Waals surface area contributed by atoms with E-state index in [0.29, 0.717) is 5.92 Å². The molecule has 84 valence electrons. The maximum Gasteiger partial charge on any atom is 0.0408 e. The lowest BCUT2D eigenvalue weighted by Gasteiger charge is -2.11. The molecular formula is C13H18Cl2. The molecule has 0 aromatic heterocycles. The zero-order valence-corrected chi connectivity index (χ0v) is 10.9. The molecule has 0 bridgehead atoms. The molecule has 1 atom stereocenters. The molecule has 0 aliphatic rings. The number of hydrogen-bond donors (Lipinski definition) is 0. The fourth-order valence-corrected chi connectivity index (χ4v) is 2.32. The second-order valence-electron chi connectivity index (χ2n) is 4.40. The van der Waals surface area contributed by atoms with Gasteiger partial charge in [-0.1, -0.05) is 37.6 Å². The van der Waals surface area contributed by atoms with Crippen LogP contribution in [0.15, 0.2) is 24.3 Å². The van der Waals surface area contributed by atoms with Crippen molar-refractivity contribution >= 4 is 23.2 Å². The van der Waals surface area contributed by atoms with Crippen LogP contribution < -0.4 is 0 Å². The van der Waals surface area contributed by atoms with Gasteiger partial charge in [-0.2, -0.15) is 0 Å². The van der Waals surface area contributed by atoms with E-state index in [2.05, 4.69) is 19.9 Å². The molecule has 1 aromatic rings. The SMILES string of the molecule is CC(C)CC(Cl)CCc1cccc(Cl)c1. The van der Waals surface area contributed by atoms with E-state index in [-0.39, 0.29) is 5.38 Å². The number of rotatable bonds is 5. The highest BCUT2D eigenvalue weighted by atomic mass is 35.5. The van der Waals surface area contributed by atoms with Crippen LogP contribution in [0.4, 0.5) is 0 Å². The van der Waals surface area contributed by atoms with Gasteiger partial charge in [0.15, 0.2) is 0 Å². The summed E-state index contributed by atoms with van der Waals surface area (Å²) in [5, 5.41) is 1.09. The van der Waals surface area contributed by atoms with Crippen LogP contribution in [0.5, 0.6) is 0 Å². The Morgan fingerprint density at radius 1 is 1.27 bits per heavy atom. The first kappa shape index (κ1) is 12.9. The summed E-state index contributed by atoms with van der Waals surface area (Å²) in [5.74, 6) is 0.673. The summed E-state index contributed by atoms with van der Waals surface area (Å²) >= 11 is 12.1. The van der Waals surface area contributed by atoms with Gasteiger partial charge in [-0.25, -0.2) is 0 Å². The van der Waals surface area contributed by atoms with Crippen molar-refractivity contribution in [3.05, 3.63) is 34.9 Å². The van der Waals surface area contributed by atoms with E-state index in [0.717, 1.165) is 24.3 Å². The number of alkyl halides is 1. The molecule has 0 saturated carbocycles. The van der Waals surface area contributed by atoms with E-state index in [1.807, 2.05) is 18.2 Å². The number of halogens is 2. The minimum absolute atomic E-state index is 0.281. The third kappa shape index (κ3) is 5.44. The summed E-state index contributed by atoms with van der Waals surface area (Å²) in [6, 6.07) is 8.01.